The first-order valence-corrected chi connectivity index (χ1v) is 8.78. The van der Waals surface area contributed by atoms with Gasteiger partial charge in [0.2, 0.25) is 0 Å². The largest absolute Gasteiger partial charge is 0.493 e. The fourth-order valence-electron chi connectivity index (χ4n) is 3.50. The molecule has 1 aromatic heterocycles. The van der Waals surface area contributed by atoms with Crippen LogP contribution in [0.1, 0.15) is 21.5 Å². The minimum absolute atomic E-state index is 0.0130. The second-order valence-corrected chi connectivity index (χ2v) is 6.78. The summed E-state index contributed by atoms with van der Waals surface area (Å²) in [4.78, 5) is 18.1. The molecule has 0 spiro atoms. The molecule has 2 heterocycles. The van der Waals surface area contributed by atoms with Crippen LogP contribution >= 0.6 is 11.6 Å². The molecule has 3 aromatic rings. The van der Waals surface area contributed by atoms with Crippen LogP contribution in [0.2, 0.25) is 5.02 Å². The third-order valence-corrected chi connectivity index (χ3v) is 5.11. The molecule has 134 valence electrons. The summed E-state index contributed by atoms with van der Waals surface area (Å²) in [6, 6.07) is 9.48. The number of carbonyl (C=O) groups is 1. The number of aromatic amines is 1. The molecule has 0 unspecified atom stereocenters. The predicted octanol–water partition coefficient (Wildman–Crippen LogP) is 4.04. The van der Waals surface area contributed by atoms with Gasteiger partial charge in [-0.15, -0.1) is 0 Å². The third kappa shape index (κ3) is 2.78. The molecule has 1 amide bonds. The van der Waals surface area contributed by atoms with Gasteiger partial charge in [0, 0.05) is 35.2 Å². The number of rotatable bonds is 3. The van der Waals surface area contributed by atoms with Crippen LogP contribution in [0.15, 0.2) is 36.5 Å². The van der Waals surface area contributed by atoms with Gasteiger partial charge in [-0.25, -0.2) is 0 Å². The van der Waals surface area contributed by atoms with Crippen LogP contribution in [0.3, 0.4) is 0 Å². The zero-order valence-corrected chi connectivity index (χ0v) is 15.4. The van der Waals surface area contributed by atoms with Gasteiger partial charge < -0.3 is 19.4 Å². The summed E-state index contributed by atoms with van der Waals surface area (Å²) >= 11 is 6.03. The van der Waals surface area contributed by atoms with E-state index in [2.05, 4.69) is 4.98 Å². The van der Waals surface area contributed by atoms with E-state index in [0.717, 1.165) is 28.6 Å². The molecule has 0 saturated heterocycles. The molecule has 26 heavy (non-hydrogen) atoms. The first-order chi connectivity index (χ1) is 12.6. The summed E-state index contributed by atoms with van der Waals surface area (Å²) in [5.74, 6) is 1.42. The number of fused-ring (bicyclic) bond motifs is 2. The number of nitrogens with zero attached hydrogens (tertiary/aromatic N) is 1. The predicted molar refractivity (Wildman–Crippen MR) is 101 cm³/mol. The minimum atomic E-state index is 0.0130. The SMILES string of the molecule is COc1cc2c(cc1OC)CN(C(=O)c1c[nH]c3cc(Cl)ccc13)CC2. The second-order valence-electron chi connectivity index (χ2n) is 6.34. The number of ether oxygens (including phenoxy) is 2. The number of hydrogen-bond acceptors (Lipinski definition) is 3. The number of methoxy groups -OCH3 is 2. The molecular formula is C20H19ClN2O3. The number of carbonyl (C=O) groups excluding carboxylic acids is 1. The lowest BCUT2D eigenvalue weighted by atomic mass is 9.98. The van der Waals surface area contributed by atoms with E-state index in [4.69, 9.17) is 21.1 Å². The quantitative estimate of drug-likeness (QED) is 0.757. The molecule has 0 atom stereocenters. The number of benzene rings is 2. The molecular weight excluding hydrogens is 352 g/mol. The maximum absolute atomic E-state index is 13.1. The molecule has 0 radical (unpaired) electrons. The Morgan fingerprint density at radius 1 is 1.12 bits per heavy atom. The average molecular weight is 371 g/mol. The molecule has 0 fully saturated rings. The smallest absolute Gasteiger partial charge is 0.256 e. The highest BCUT2D eigenvalue weighted by Gasteiger charge is 2.25. The topological polar surface area (TPSA) is 54.6 Å². The van der Waals surface area contributed by atoms with Crippen LogP contribution in [-0.4, -0.2) is 36.6 Å². The van der Waals surface area contributed by atoms with Gasteiger partial charge in [-0.2, -0.15) is 0 Å². The highest BCUT2D eigenvalue weighted by atomic mass is 35.5. The van der Waals surface area contributed by atoms with E-state index >= 15 is 0 Å². The van der Waals surface area contributed by atoms with Crippen molar-refractivity contribution in [3.05, 3.63) is 58.2 Å². The van der Waals surface area contributed by atoms with E-state index in [1.165, 1.54) is 5.56 Å². The molecule has 0 saturated carbocycles. The van der Waals surface area contributed by atoms with Crippen molar-refractivity contribution >= 4 is 28.4 Å². The lowest BCUT2D eigenvalue weighted by Gasteiger charge is -2.29. The number of nitrogens with one attached hydrogen (secondary N) is 1. The van der Waals surface area contributed by atoms with Gasteiger partial charge in [-0.05, 0) is 41.8 Å². The minimum Gasteiger partial charge on any atom is -0.493 e. The van der Waals surface area contributed by atoms with E-state index < -0.39 is 0 Å². The highest BCUT2D eigenvalue weighted by molar-refractivity contribution is 6.31. The van der Waals surface area contributed by atoms with Crippen LogP contribution in [0.5, 0.6) is 11.5 Å². The zero-order valence-electron chi connectivity index (χ0n) is 14.6. The van der Waals surface area contributed by atoms with Gasteiger partial charge in [-0.3, -0.25) is 4.79 Å². The summed E-state index contributed by atoms with van der Waals surface area (Å²) in [7, 11) is 3.25. The Kier molecular flexibility index (Phi) is 4.24. The number of halogens is 1. The standard InChI is InChI=1S/C20H19ClN2O3/c1-25-18-7-12-5-6-23(11-13(12)8-19(18)26-2)20(24)16-10-22-17-9-14(21)3-4-15(16)17/h3-4,7-10,22H,5-6,11H2,1-2H3. The number of H-pyrrole nitrogens is 1. The van der Waals surface area contributed by atoms with Crippen molar-refractivity contribution in [1.82, 2.24) is 9.88 Å². The lowest BCUT2D eigenvalue weighted by molar-refractivity contribution is 0.0736. The van der Waals surface area contributed by atoms with Crippen molar-refractivity contribution in [3.63, 3.8) is 0 Å². The highest BCUT2D eigenvalue weighted by Crippen LogP contribution is 2.34. The zero-order chi connectivity index (χ0) is 18.3. The summed E-state index contributed by atoms with van der Waals surface area (Å²) in [6.45, 7) is 1.22. The molecule has 5 nitrogen and oxygen atoms in total. The molecule has 6 heteroatoms. The Labute approximate surface area is 156 Å². The molecule has 1 aliphatic heterocycles. The van der Waals surface area contributed by atoms with Crippen molar-refractivity contribution in [2.45, 2.75) is 13.0 Å². The van der Waals surface area contributed by atoms with Gasteiger partial charge in [0.1, 0.15) is 0 Å². The maximum Gasteiger partial charge on any atom is 0.256 e. The summed E-state index contributed by atoms with van der Waals surface area (Å²) in [5.41, 5.74) is 3.81. The Balaban J connectivity index is 1.64. The van der Waals surface area contributed by atoms with Gasteiger partial charge in [0.05, 0.1) is 19.8 Å². The van der Waals surface area contributed by atoms with E-state index in [1.807, 2.05) is 29.2 Å². The van der Waals surface area contributed by atoms with Crippen molar-refractivity contribution in [1.29, 1.82) is 0 Å². The fraction of sp³-hybridized carbons (Fsp3) is 0.250. The second kappa shape index (κ2) is 6.57. The Morgan fingerprint density at radius 2 is 1.85 bits per heavy atom. The molecule has 0 bridgehead atoms. The van der Waals surface area contributed by atoms with Crippen LogP contribution < -0.4 is 9.47 Å². The Hall–Kier alpha value is -2.66. The van der Waals surface area contributed by atoms with Crippen molar-refractivity contribution in [3.8, 4) is 11.5 Å². The monoisotopic (exact) mass is 370 g/mol. The molecule has 0 aliphatic carbocycles. The lowest BCUT2D eigenvalue weighted by Crippen LogP contribution is -2.35. The van der Waals surface area contributed by atoms with Crippen LogP contribution in [0.4, 0.5) is 0 Å². The van der Waals surface area contributed by atoms with E-state index in [0.29, 0.717) is 29.4 Å². The molecule has 2 aromatic carbocycles. The van der Waals surface area contributed by atoms with Crippen LogP contribution in [0.25, 0.3) is 10.9 Å². The molecule has 1 aliphatic rings. The molecule has 1 N–H and O–H groups in total. The van der Waals surface area contributed by atoms with E-state index in [-0.39, 0.29) is 5.91 Å². The maximum atomic E-state index is 13.1. The van der Waals surface area contributed by atoms with Crippen molar-refractivity contribution in [2.24, 2.45) is 0 Å². The number of hydrogen-bond donors (Lipinski definition) is 1. The van der Waals surface area contributed by atoms with Gasteiger partial charge in [0.15, 0.2) is 11.5 Å². The first kappa shape index (κ1) is 16.8. The van der Waals surface area contributed by atoms with E-state index in [1.54, 1.807) is 26.5 Å². The summed E-state index contributed by atoms with van der Waals surface area (Å²) in [6.07, 6.45) is 2.54. The number of amides is 1. The average Bonchev–Trinajstić information content (AvgIpc) is 3.08. The summed E-state index contributed by atoms with van der Waals surface area (Å²) < 4.78 is 10.8. The van der Waals surface area contributed by atoms with Crippen LogP contribution in [0, 0.1) is 0 Å². The fourth-order valence-corrected chi connectivity index (χ4v) is 3.67. The Morgan fingerprint density at radius 3 is 2.58 bits per heavy atom. The van der Waals surface area contributed by atoms with Gasteiger partial charge >= 0.3 is 0 Å². The van der Waals surface area contributed by atoms with Gasteiger partial charge in [-0.1, -0.05) is 17.7 Å². The first-order valence-electron chi connectivity index (χ1n) is 8.40. The summed E-state index contributed by atoms with van der Waals surface area (Å²) in [5, 5.41) is 1.53. The molecule has 4 rings (SSSR count). The van der Waals surface area contributed by atoms with Crippen molar-refractivity contribution < 1.29 is 14.3 Å². The van der Waals surface area contributed by atoms with Gasteiger partial charge in [0.25, 0.3) is 5.91 Å². The van der Waals surface area contributed by atoms with E-state index in [9.17, 15) is 4.79 Å². The Bertz CT molecular complexity index is 996. The number of aromatic nitrogens is 1. The van der Waals surface area contributed by atoms with Crippen LogP contribution in [-0.2, 0) is 13.0 Å². The van der Waals surface area contributed by atoms with Crippen molar-refractivity contribution in [2.75, 3.05) is 20.8 Å². The normalized spacial score (nSPS) is 13.6. The third-order valence-electron chi connectivity index (χ3n) is 4.88.